The number of amides is 1. The molecule has 0 spiro atoms. The fraction of sp³-hybridized carbons (Fsp3) is 0.433. The first-order valence-electron chi connectivity index (χ1n) is 14.4. The number of unbranched alkanes of at least 4 members (excludes halogenated alkanes) is 9. The Hall–Kier alpha value is -3.07. The van der Waals surface area contributed by atoms with Crippen LogP contribution in [0.25, 0.3) is 10.8 Å². The molecule has 0 bridgehead atoms. The normalized spacial score (nSPS) is 11.9. The van der Waals surface area contributed by atoms with Crippen LogP contribution in [0.5, 0.6) is 5.75 Å². The van der Waals surface area contributed by atoms with E-state index in [2.05, 4.69) is 31.8 Å². The van der Waals surface area contributed by atoms with Crippen LogP contribution >= 0.6 is 12.0 Å². The van der Waals surface area contributed by atoms with E-state index >= 15 is 0 Å². The van der Waals surface area contributed by atoms with Crippen molar-refractivity contribution in [2.24, 2.45) is 10.2 Å². The van der Waals surface area contributed by atoms with Crippen molar-refractivity contribution in [3.05, 3.63) is 48.0 Å². The predicted octanol–water partition coefficient (Wildman–Crippen LogP) is 9.06. The SMILES string of the molecule is CCCCCCCCCCCCc1ccc(N=Nc2c(SOOO)cc3cc(S(=O)(=O)O)cc(NC(C)=O)c3c2O)cc1. The van der Waals surface area contributed by atoms with Crippen molar-refractivity contribution < 1.29 is 37.5 Å². The Kier molecular flexibility index (Phi) is 13.8. The fourth-order valence-corrected chi connectivity index (χ4v) is 5.80. The van der Waals surface area contributed by atoms with E-state index in [9.17, 15) is 22.9 Å². The van der Waals surface area contributed by atoms with Gasteiger partial charge >= 0.3 is 0 Å². The average Bonchev–Trinajstić information content (AvgIpc) is 2.96. The number of nitrogens with zero attached hydrogens (tertiary/aromatic N) is 2. The van der Waals surface area contributed by atoms with Crippen molar-refractivity contribution in [1.29, 1.82) is 0 Å². The molecule has 1 amide bonds. The van der Waals surface area contributed by atoms with Crippen LogP contribution in [0.15, 0.2) is 62.5 Å². The monoisotopic (exact) mass is 633 g/mol. The molecule has 0 heterocycles. The van der Waals surface area contributed by atoms with Crippen LogP contribution < -0.4 is 5.32 Å². The molecule has 3 rings (SSSR count). The Morgan fingerprint density at radius 1 is 0.930 bits per heavy atom. The van der Waals surface area contributed by atoms with E-state index in [-0.39, 0.29) is 27.0 Å². The smallest absolute Gasteiger partial charge is 0.294 e. The molecule has 4 N–H and O–H groups in total. The number of phenolic OH excluding ortho intramolecular Hbond substituents is 1. The van der Waals surface area contributed by atoms with E-state index in [4.69, 9.17) is 5.26 Å². The molecule has 0 aliphatic heterocycles. The number of aromatic hydroxyl groups is 1. The van der Waals surface area contributed by atoms with Gasteiger partial charge in [-0.15, -0.1) is 9.45 Å². The second-order valence-electron chi connectivity index (χ2n) is 10.3. The van der Waals surface area contributed by atoms with Crippen LogP contribution in [-0.4, -0.2) is 29.2 Å². The molecular weight excluding hydrogens is 594 g/mol. The number of carbonyl (C=O) groups is 1. The van der Waals surface area contributed by atoms with Gasteiger partial charge in [-0.3, -0.25) is 9.35 Å². The van der Waals surface area contributed by atoms with Gasteiger partial charge in [0.2, 0.25) is 5.91 Å². The summed E-state index contributed by atoms with van der Waals surface area (Å²) in [4.78, 5) is 11.4. The molecule has 3 aromatic carbocycles. The van der Waals surface area contributed by atoms with E-state index in [1.165, 1.54) is 76.3 Å². The highest BCUT2D eigenvalue weighted by Crippen LogP contribution is 2.47. The molecule has 0 saturated heterocycles. The van der Waals surface area contributed by atoms with Gasteiger partial charge in [-0.2, -0.15) is 13.5 Å². The Labute approximate surface area is 256 Å². The van der Waals surface area contributed by atoms with Crippen LogP contribution in [0.2, 0.25) is 0 Å². The maximum atomic E-state index is 11.8. The highest BCUT2D eigenvalue weighted by Gasteiger charge is 2.21. The highest BCUT2D eigenvalue weighted by atomic mass is 32.2. The second kappa shape index (κ2) is 17.3. The van der Waals surface area contributed by atoms with E-state index in [0.717, 1.165) is 25.0 Å². The quantitative estimate of drug-likeness (QED) is 0.0267. The molecular formula is C30H39N3O8S2. The topological polar surface area (TPSA) is 167 Å². The summed E-state index contributed by atoms with van der Waals surface area (Å²) < 4.78 is 37.7. The lowest BCUT2D eigenvalue weighted by atomic mass is 10.0. The second-order valence-corrected chi connectivity index (χ2v) is 12.5. The van der Waals surface area contributed by atoms with Gasteiger partial charge in [0.15, 0.2) is 5.75 Å². The van der Waals surface area contributed by atoms with Gasteiger partial charge in [-0.1, -0.05) is 81.9 Å². The minimum Gasteiger partial charge on any atom is -0.505 e. The number of nitrogens with one attached hydrogen (secondary N) is 1. The zero-order valence-electron chi connectivity index (χ0n) is 24.4. The summed E-state index contributed by atoms with van der Waals surface area (Å²) >= 11 is 0.482. The summed E-state index contributed by atoms with van der Waals surface area (Å²) in [6, 6.07) is 11.1. The summed E-state index contributed by atoms with van der Waals surface area (Å²) in [7, 11) is -4.65. The summed E-state index contributed by atoms with van der Waals surface area (Å²) in [5.74, 6) is -0.988. The number of fused-ring (bicyclic) bond motifs is 1. The zero-order chi connectivity index (χ0) is 31.2. The van der Waals surface area contributed by atoms with Crippen LogP contribution in [0.3, 0.4) is 0 Å². The van der Waals surface area contributed by atoms with Gasteiger partial charge in [0.1, 0.15) is 5.69 Å². The molecule has 43 heavy (non-hydrogen) atoms. The lowest BCUT2D eigenvalue weighted by Gasteiger charge is -2.14. The van der Waals surface area contributed by atoms with Crippen LogP contribution in [0.1, 0.15) is 83.6 Å². The predicted molar refractivity (Wildman–Crippen MR) is 167 cm³/mol. The Balaban J connectivity index is 1.75. The zero-order valence-corrected chi connectivity index (χ0v) is 26.0. The van der Waals surface area contributed by atoms with Crippen molar-refractivity contribution in [3.63, 3.8) is 0 Å². The summed E-state index contributed by atoms with van der Waals surface area (Å²) in [6.07, 6.45) is 13.8. The number of phenols is 1. The minimum absolute atomic E-state index is 0.0534. The average molecular weight is 634 g/mol. The first kappa shape index (κ1) is 34.4. The van der Waals surface area contributed by atoms with E-state index in [1.54, 1.807) is 0 Å². The van der Waals surface area contributed by atoms with E-state index in [0.29, 0.717) is 17.7 Å². The molecule has 0 aromatic heterocycles. The lowest BCUT2D eigenvalue weighted by Crippen LogP contribution is -2.08. The Morgan fingerprint density at radius 2 is 1.56 bits per heavy atom. The molecule has 0 radical (unpaired) electrons. The Bertz CT molecular complexity index is 1500. The third kappa shape index (κ3) is 10.9. The number of hydrogen-bond acceptors (Lipinski definition) is 10. The third-order valence-electron chi connectivity index (χ3n) is 6.91. The van der Waals surface area contributed by atoms with Gasteiger partial charge in [-0.05, 0) is 54.1 Å². The first-order valence-corrected chi connectivity index (χ1v) is 16.6. The van der Waals surface area contributed by atoms with Crippen molar-refractivity contribution in [1.82, 2.24) is 0 Å². The fourth-order valence-electron chi connectivity index (χ4n) is 4.76. The van der Waals surface area contributed by atoms with Crippen molar-refractivity contribution >= 4 is 55.9 Å². The van der Waals surface area contributed by atoms with E-state index in [1.807, 2.05) is 24.3 Å². The number of anilines is 1. The summed E-state index contributed by atoms with van der Waals surface area (Å²) in [6.45, 7) is 3.44. The highest BCUT2D eigenvalue weighted by molar-refractivity contribution is 7.94. The number of hydrogen-bond donors (Lipinski definition) is 4. The molecule has 0 aliphatic rings. The van der Waals surface area contributed by atoms with Gasteiger partial charge in [0, 0.05) is 12.3 Å². The molecule has 0 fully saturated rings. The molecule has 3 aromatic rings. The standard InChI is InChI=1S/C30H39N3O8S2/c1-3-4-5-6-7-8-9-10-11-12-13-22-14-16-24(17-15-22)32-33-29-27(42-41-40-36)19-23-18-25(43(37,38)39)20-26(31-21(2)34)28(23)30(29)35/h14-20,35-36H,3-13H2,1-2H3,(H,31,34)(H,37,38,39). The number of carbonyl (C=O) groups excluding carboxylic acids is 1. The lowest BCUT2D eigenvalue weighted by molar-refractivity contribution is -0.432. The molecule has 0 saturated carbocycles. The first-order chi connectivity index (χ1) is 20.6. The third-order valence-corrected chi connectivity index (χ3v) is 8.36. The summed E-state index contributed by atoms with van der Waals surface area (Å²) in [5, 5.41) is 34.6. The van der Waals surface area contributed by atoms with Crippen molar-refractivity contribution in [3.8, 4) is 5.75 Å². The molecule has 13 heteroatoms. The van der Waals surface area contributed by atoms with Gasteiger partial charge in [0.25, 0.3) is 10.1 Å². The largest absolute Gasteiger partial charge is 0.505 e. The molecule has 0 atom stereocenters. The van der Waals surface area contributed by atoms with Crippen LogP contribution in [0.4, 0.5) is 17.1 Å². The number of rotatable bonds is 18. The van der Waals surface area contributed by atoms with Crippen molar-refractivity contribution in [2.45, 2.75) is 94.3 Å². The van der Waals surface area contributed by atoms with E-state index < -0.39 is 26.7 Å². The van der Waals surface area contributed by atoms with Gasteiger partial charge < -0.3 is 10.4 Å². The molecule has 11 nitrogen and oxygen atoms in total. The number of aryl methyl sites for hydroxylation is 1. The Morgan fingerprint density at radius 3 is 2.14 bits per heavy atom. The maximum absolute atomic E-state index is 11.8. The maximum Gasteiger partial charge on any atom is 0.294 e. The molecule has 0 unspecified atom stereocenters. The number of benzene rings is 3. The molecule has 0 aliphatic carbocycles. The van der Waals surface area contributed by atoms with Gasteiger partial charge in [-0.25, -0.2) is 5.26 Å². The van der Waals surface area contributed by atoms with Gasteiger partial charge in [0.05, 0.1) is 33.2 Å². The minimum atomic E-state index is -4.65. The molecule has 234 valence electrons. The van der Waals surface area contributed by atoms with Crippen LogP contribution in [-0.2, 0) is 30.7 Å². The number of azo groups is 1. The van der Waals surface area contributed by atoms with Crippen molar-refractivity contribution in [2.75, 3.05) is 5.32 Å². The summed E-state index contributed by atoms with van der Waals surface area (Å²) in [5.41, 5.74) is 1.55. The van der Waals surface area contributed by atoms with Crippen LogP contribution in [0, 0.1) is 0 Å².